The second-order valence-electron chi connectivity index (χ2n) is 9.10. The number of likely N-dealkylation sites (tertiary alicyclic amines) is 2. The summed E-state index contributed by atoms with van der Waals surface area (Å²) in [6.07, 6.45) is 2.06. The van der Waals surface area contributed by atoms with E-state index in [9.17, 15) is 33.0 Å². The molecular weight excluding hydrogens is 494 g/mol. The molecule has 3 atom stereocenters. The van der Waals surface area contributed by atoms with Gasteiger partial charge in [0.05, 0.1) is 11.0 Å². The number of thioether (sulfide) groups is 1. The summed E-state index contributed by atoms with van der Waals surface area (Å²) in [5, 5.41) is 19.2. The van der Waals surface area contributed by atoms with Crippen molar-refractivity contribution in [3.05, 3.63) is 29.8 Å². The average molecular weight is 528 g/mol. The molecule has 3 rings (SSSR count). The summed E-state index contributed by atoms with van der Waals surface area (Å²) in [6, 6.07) is 4.44. The van der Waals surface area contributed by atoms with E-state index in [1.165, 1.54) is 28.8 Å². The van der Waals surface area contributed by atoms with Crippen molar-refractivity contribution >= 4 is 39.6 Å². The maximum absolute atomic E-state index is 13.3. The summed E-state index contributed by atoms with van der Waals surface area (Å²) in [6.45, 7) is 2.39. The number of aliphatic hydroxyl groups is 1. The van der Waals surface area contributed by atoms with Crippen LogP contribution in [0.1, 0.15) is 31.2 Å². The van der Waals surface area contributed by atoms with Crippen LogP contribution in [0.3, 0.4) is 0 Å². The number of aryl methyl sites for hydroxylation is 1. The van der Waals surface area contributed by atoms with Gasteiger partial charge in [-0.3, -0.25) is 9.59 Å². The fourth-order valence-corrected chi connectivity index (χ4v) is 6.23. The fourth-order valence-electron chi connectivity index (χ4n) is 4.53. The molecule has 0 aromatic heterocycles. The first-order chi connectivity index (χ1) is 16.5. The third kappa shape index (κ3) is 6.75. The molecule has 2 aliphatic heterocycles. The second-order valence-corrected chi connectivity index (χ2v) is 11.8. The lowest BCUT2D eigenvalue weighted by molar-refractivity contribution is -0.151. The van der Waals surface area contributed by atoms with Crippen LogP contribution >= 0.6 is 11.8 Å². The molecule has 3 N–H and O–H groups in total. The monoisotopic (exact) mass is 527 g/mol. The molecule has 194 valence electrons. The van der Waals surface area contributed by atoms with Gasteiger partial charge in [-0.25, -0.2) is 13.2 Å². The fraction of sp³-hybridized carbons (Fsp3) is 0.609. The lowest BCUT2D eigenvalue weighted by Gasteiger charge is -2.35. The first kappa shape index (κ1) is 27.4. The van der Waals surface area contributed by atoms with Gasteiger partial charge in [0.2, 0.25) is 21.8 Å². The molecule has 12 heteroatoms. The molecule has 2 fully saturated rings. The first-order valence-corrected chi connectivity index (χ1v) is 14.5. The zero-order chi connectivity index (χ0) is 25.8. The van der Waals surface area contributed by atoms with E-state index in [1.54, 1.807) is 17.0 Å². The van der Waals surface area contributed by atoms with Gasteiger partial charge in [0.15, 0.2) is 0 Å². The molecule has 0 spiro atoms. The number of nitrogens with one attached hydrogen (secondary N) is 1. The number of hydrogen-bond donors (Lipinski definition) is 3. The quantitative estimate of drug-likeness (QED) is 0.425. The molecule has 0 unspecified atom stereocenters. The number of hydrogen-bond acceptors (Lipinski definition) is 7. The van der Waals surface area contributed by atoms with Crippen LogP contribution in [0.25, 0.3) is 0 Å². The third-order valence-electron chi connectivity index (χ3n) is 6.54. The van der Waals surface area contributed by atoms with Crippen molar-refractivity contribution in [2.24, 2.45) is 5.92 Å². The van der Waals surface area contributed by atoms with E-state index < -0.39 is 40.1 Å². The van der Waals surface area contributed by atoms with E-state index in [0.29, 0.717) is 25.0 Å². The molecule has 2 amide bonds. The molecule has 1 aromatic rings. The number of benzene rings is 1. The van der Waals surface area contributed by atoms with Crippen molar-refractivity contribution in [1.29, 1.82) is 0 Å². The largest absolute Gasteiger partial charge is 0.480 e. The predicted molar refractivity (Wildman–Crippen MR) is 131 cm³/mol. The van der Waals surface area contributed by atoms with E-state index in [1.807, 2.05) is 13.2 Å². The summed E-state index contributed by atoms with van der Waals surface area (Å²) >= 11 is 1.51. The van der Waals surface area contributed by atoms with E-state index in [4.69, 9.17) is 0 Å². The predicted octanol–water partition coefficient (Wildman–Crippen LogP) is 0.680. The number of piperidine rings is 1. The minimum atomic E-state index is -3.89. The molecule has 0 saturated carbocycles. The second kappa shape index (κ2) is 11.7. The van der Waals surface area contributed by atoms with Crippen LogP contribution in [0, 0.1) is 12.8 Å². The summed E-state index contributed by atoms with van der Waals surface area (Å²) < 4.78 is 28.4. The number of carboxylic acids is 1. The van der Waals surface area contributed by atoms with Gasteiger partial charge in [0, 0.05) is 32.0 Å². The van der Waals surface area contributed by atoms with Gasteiger partial charge < -0.3 is 20.0 Å². The number of β-amino-alcohol motifs (C(OH)–C–C–N with tert-alkyl or cyclic N) is 1. The number of carbonyl (C=O) groups excluding carboxylic acids is 2. The number of carbonyl (C=O) groups is 3. The van der Waals surface area contributed by atoms with Crippen LogP contribution < -0.4 is 4.72 Å². The van der Waals surface area contributed by atoms with Crippen molar-refractivity contribution in [1.82, 2.24) is 14.5 Å². The number of aliphatic hydroxyl groups excluding tert-OH is 1. The Bertz CT molecular complexity index is 1020. The molecule has 10 nitrogen and oxygen atoms in total. The average Bonchev–Trinajstić information content (AvgIpc) is 3.23. The third-order valence-corrected chi connectivity index (χ3v) is 8.67. The molecule has 0 aliphatic carbocycles. The zero-order valence-electron chi connectivity index (χ0n) is 19.9. The molecule has 2 saturated heterocycles. The van der Waals surface area contributed by atoms with E-state index in [-0.39, 0.29) is 42.8 Å². The Morgan fingerprint density at radius 3 is 2.37 bits per heavy atom. The number of amides is 2. The molecule has 0 bridgehead atoms. The minimum Gasteiger partial charge on any atom is -0.480 e. The molecule has 1 aromatic carbocycles. The Kier molecular flexibility index (Phi) is 9.19. The molecule has 2 heterocycles. The lowest BCUT2D eigenvalue weighted by Crippen LogP contribution is -2.52. The highest BCUT2D eigenvalue weighted by molar-refractivity contribution is 7.98. The van der Waals surface area contributed by atoms with Gasteiger partial charge in [-0.05, 0) is 50.3 Å². The van der Waals surface area contributed by atoms with Crippen LogP contribution in [-0.4, -0.2) is 96.0 Å². The highest BCUT2D eigenvalue weighted by atomic mass is 32.2. The van der Waals surface area contributed by atoms with Crippen molar-refractivity contribution in [3.63, 3.8) is 0 Å². The lowest BCUT2D eigenvalue weighted by atomic mass is 9.94. The topological polar surface area (TPSA) is 144 Å². The Labute approximate surface area is 210 Å². The van der Waals surface area contributed by atoms with Gasteiger partial charge in [0.1, 0.15) is 12.1 Å². The summed E-state index contributed by atoms with van der Waals surface area (Å²) in [5.41, 5.74) is 0.925. The minimum absolute atomic E-state index is 0.00745. The van der Waals surface area contributed by atoms with Crippen LogP contribution in [0.15, 0.2) is 29.2 Å². The number of rotatable bonds is 9. The van der Waals surface area contributed by atoms with E-state index >= 15 is 0 Å². The molecule has 0 radical (unpaired) electrons. The summed E-state index contributed by atoms with van der Waals surface area (Å²) in [4.78, 5) is 40.6. The maximum Gasteiger partial charge on any atom is 0.326 e. The summed E-state index contributed by atoms with van der Waals surface area (Å²) in [5.74, 6) is -1.64. The van der Waals surface area contributed by atoms with Crippen molar-refractivity contribution in [2.45, 2.75) is 55.7 Å². The highest BCUT2D eigenvalue weighted by Gasteiger charge is 2.42. The maximum atomic E-state index is 13.3. The molecule has 35 heavy (non-hydrogen) atoms. The SMILES string of the molecule is CSCC[C@H](NS(=O)(=O)c1ccc(C)cc1)C(=O)N1CCC(C(=O)N2C[C@H](O)C[C@@H]2C(=O)O)CC1. The van der Waals surface area contributed by atoms with E-state index in [0.717, 1.165) is 5.56 Å². The normalized spacial score (nSPS) is 22.3. The molecular formula is C23H33N3O7S2. The number of carboxylic acid groups (broad SMARTS) is 1. The van der Waals surface area contributed by atoms with Crippen molar-refractivity contribution in [3.8, 4) is 0 Å². The summed E-state index contributed by atoms with van der Waals surface area (Å²) in [7, 11) is -3.89. The van der Waals surface area contributed by atoms with Gasteiger partial charge in [-0.2, -0.15) is 16.5 Å². The van der Waals surface area contributed by atoms with Gasteiger partial charge >= 0.3 is 5.97 Å². The Morgan fingerprint density at radius 1 is 1.17 bits per heavy atom. The van der Waals surface area contributed by atoms with Crippen LogP contribution in [0.2, 0.25) is 0 Å². The van der Waals surface area contributed by atoms with Gasteiger partial charge in [-0.15, -0.1) is 0 Å². The standard InChI is InChI=1S/C23H33N3O7S2/c1-15-3-5-18(6-4-15)35(32,33)24-19(9-12-34-2)22(29)25-10-7-16(8-11-25)21(28)26-14-17(27)13-20(26)23(30)31/h3-6,16-17,19-20,24,27H,7-14H2,1-2H3,(H,30,31)/t17-,19+,20-/m1/s1. The first-order valence-electron chi connectivity index (χ1n) is 11.6. The smallest absolute Gasteiger partial charge is 0.326 e. The molecule has 2 aliphatic rings. The Balaban J connectivity index is 1.64. The van der Waals surface area contributed by atoms with Crippen LogP contribution in [-0.2, 0) is 24.4 Å². The van der Waals surface area contributed by atoms with E-state index in [2.05, 4.69) is 4.72 Å². The number of sulfonamides is 1. The van der Waals surface area contributed by atoms with Crippen molar-refractivity contribution < 1.29 is 33.0 Å². The highest BCUT2D eigenvalue weighted by Crippen LogP contribution is 2.26. The number of aliphatic carboxylic acids is 1. The zero-order valence-corrected chi connectivity index (χ0v) is 21.6. The van der Waals surface area contributed by atoms with Gasteiger partial charge in [0.25, 0.3) is 0 Å². The van der Waals surface area contributed by atoms with Gasteiger partial charge in [-0.1, -0.05) is 17.7 Å². The Hall–Kier alpha value is -2.15. The number of nitrogens with zero attached hydrogens (tertiary/aromatic N) is 2. The van der Waals surface area contributed by atoms with Crippen LogP contribution in [0.4, 0.5) is 0 Å². The Morgan fingerprint density at radius 2 is 1.80 bits per heavy atom. The van der Waals surface area contributed by atoms with Crippen LogP contribution in [0.5, 0.6) is 0 Å². The van der Waals surface area contributed by atoms with Crippen molar-refractivity contribution in [2.75, 3.05) is 31.6 Å².